The number of anilines is 1. The lowest BCUT2D eigenvalue weighted by Gasteiger charge is -2.37. The van der Waals surface area contributed by atoms with Gasteiger partial charge in [0.05, 0.1) is 29.0 Å². The van der Waals surface area contributed by atoms with Gasteiger partial charge in [0.25, 0.3) is 5.69 Å². The van der Waals surface area contributed by atoms with Crippen molar-refractivity contribution >= 4 is 27.3 Å². The largest absolute Gasteiger partial charge is 0.378 e. The third kappa shape index (κ3) is 4.74. The van der Waals surface area contributed by atoms with Gasteiger partial charge >= 0.3 is 0 Å². The lowest BCUT2D eigenvalue weighted by atomic mass is 9.95. The maximum absolute atomic E-state index is 13.0. The van der Waals surface area contributed by atoms with Crippen molar-refractivity contribution in [3.05, 3.63) is 28.3 Å². The van der Waals surface area contributed by atoms with Gasteiger partial charge in [0.15, 0.2) is 0 Å². The van der Waals surface area contributed by atoms with Crippen LogP contribution in [0.25, 0.3) is 0 Å². The molecule has 0 saturated carbocycles. The minimum absolute atomic E-state index is 0.0483. The van der Waals surface area contributed by atoms with Crippen LogP contribution < -0.4 is 4.90 Å². The normalized spacial score (nSPS) is 23.2. The van der Waals surface area contributed by atoms with E-state index < -0.39 is 14.9 Å². The quantitative estimate of drug-likeness (QED) is 0.481. The highest BCUT2D eigenvalue weighted by atomic mass is 32.2. The Morgan fingerprint density at radius 2 is 1.75 bits per heavy atom. The molecule has 0 aromatic heterocycles. The first-order chi connectivity index (χ1) is 15.4. The average Bonchev–Trinajstić information content (AvgIpc) is 2.84. The van der Waals surface area contributed by atoms with E-state index in [-0.39, 0.29) is 22.4 Å². The second-order valence-electron chi connectivity index (χ2n) is 8.60. The highest BCUT2D eigenvalue weighted by molar-refractivity contribution is 7.89. The highest BCUT2D eigenvalue weighted by Crippen LogP contribution is 2.35. The SMILES string of the molecule is O=C(C1CCCN(c2ccc(S(=O)(=O)N3CCCCC3)cc2[N+](=O)[O-])C1)N1CCOCC1. The van der Waals surface area contributed by atoms with E-state index in [2.05, 4.69) is 0 Å². The zero-order valence-electron chi connectivity index (χ0n) is 18.1. The Morgan fingerprint density at radius 3 is 2.44 bits per heavy atom. The van der Waals surface area contributed by atoms with Crippen LogP contribution in [-0.4, -0.2) is 80.9 Å². The summed E-state index contributed by atoms with van der Waals surface area (Å²) >= 11 is 0. The maximum Gasteiger partial charge on any atom is 0.293 e. The molecule has 0 N–H and O–H groups in total. The molecule has 3 aliphatic heterocycles. The minimum atomic E-state index is -3.77. The fraction of sp³-hybridized carbons (Fsp3) is 0.667. The molecule has 0 radical (unpaired) electrons. The molecular formula is C21H30N4O6S. The van der Waals surface area contributed by atoms with E-state index in [1.54, 1.807) is 4.90 Å². The number of nitrogens with zero attached hydrogens (tertiary/aromatic N) is 4. The third-order valence-electron chi connectivity index (χ3n) is 6.53. The Balaban J connectivity index is 1.56. The molecule has 0 bridgehead atoms. The number of sulfonamides is 1. The van der Waals surface area contributed by atoms with Crippen molar-refractivity contribution in [2.75, 3.05) is 57.4 Å². The molecule has 11 heteroatoms. The number of carbonyl (C=O) groups excluding carboxylic acids is 1. The van der Waals surface area contributed by atoms with E-state index in [1.165, 1.54) is 22.5 Å². The number of nitro groups is 1. The van der Waals surface area contributed by atoms with Crippen LogP contribution >= 0.6 is 0 Å². The van der Waals surface area contributed by atoms with Gasteiger partial charge < -0.3 is 14.5 Å². The number of carbonyl (C=O) groups is 1. The van der Waals surface area contributed by atoms with Gasteiger partial charge in [-0.3, -0.25) is 14.9 Å². The second kappa shape index (κ2) is 9.72. The molecule has 3 saturated heterocycles. The van der Waals surface area contributed by atoms with Crippen LogP contribution in [0.4, 0.5) is 11.4 Å². The molecule has 32 heavy (non-hydrogen) atoms. The van der Waals surface area contributed by atoms with Gasteiger partial charge in [-0.2, -0.15) is 4.31 Å². The molecule has 1 aromatic rings. The van der Waals surface area contributed by atoms with Crippen molar-refractivity contribution in [2.24, 2.45) is 5.92 Å². The molecule has 1 aromatic carbocycles. The predicted molar refractivity (Wildman–Crippen MR) is 118 cm³/mol. The Bertz CT molecular complexity index is 957. The van der Waals surface area contributed by atoms with E-state index in [0.29, 0.717) is 58.2 Å². The van der Waals surface area contributed by atoms with Crippen molar-refractivity contribution in [3.8, 4) is 0 Å². The van der Waals surface area contributed by atoms with Crippen LogP contribution in [-0.2, 0) is 19.6 Å². The number of hydrogen-bond acceptors (Lipinski definition) is 7. The highest BCUT2D eigenvalue weighted by Gasteiger charge is 2.34. The summed E-state index contributed by atoms with van der Waals surface area (Å²) in [4.78, 5) is 27.9. The van der Waals surface area contributed by atoms with Crippen LogP contribution in [0.2, 0.25) is 0 Å². The van der Waals surface area contributed by atoms with E-state index in [9.17, 15) is 23.3 Å². The summed E-state index contributed by atoms with van der Waals surface area (Å²) in [6.07, 6.45) is 4.07. The average molecular weight is 467 g/mol. The Kier molecular flexibility index (Phi) is 6.96. The molecular weight excluding hydrogens is 436 g/mol. The first-order valence-electron chi connectivity index (χ1n) is 11.3. The van der Waals surface area contributed by atoms with Crippen molar-refractivity contribution in [1.82, 2.24) is 9.21 Å². The third-order valence-corrected chi connectivity index (χ3v) is 8.43. The van der Waals surface area contributed by atoms with Gasteiger partial charge in [0.2, 0.25) is 15.9 Å². The predicted octanol–water partition coefficient (Wildman–Crippen LogP) is 1.84. The number of hydrogen-bond donors (Lipinski definition) is 0. The summed E-state index contributed by atoms with van der Waals surface area (Å²) in [5.74, 6) is -0.178. The summed E-state index contributed by atoms with van der Waals surface area (Å²) < 4.78 is 32.7. The molecule has 4 rings (SSSR count). The number of rotatable bonds is 5. The minimum Gasteiger partial charge on any atom is -0.378 e. The second-order valence-corrected chi connectivity index (χ2v) is 10.5. The monoisotopic (exact) mass is 466 g/mol. The van der Waals surface area contributed by atoms with Crippen LogP contribution in [0.15, 0.2) is 23.1 Å². The number of piperidine rings is 2. The number of benzene rings is 1. The van der Waals surface area contributed by atoms with Crippen LogP contribution in [0, 0.1) is 16.0 Å². The zero-order chi connectivity index (χ0) is 22.7. The van der Waals surface area contributed by atoms with Crippen LogP contribution in [0.3, 0.4) is 0 Å². The van der Waals surface area contributed by atoms with Gasteiger partial charge in [0, 0.05) is 45.3 Å². The standard InChI is InChI=1S/C21H30N4O6S/c26-21(22-11-13-31-14-12-22)17-5-4-8-23(16-17)19-7-6-18(15-20(19)25(27)28)32(29,30)24-9-2-1-3-10-24/h6-7,15,17H,1-5,8-14,16H2. The Morgan fingerprint density at radius 1 is 1.03 bits per heavy atom. The summed E-state index contributed by atoms with van der Waals surface area (Å²) in [5, 5.41) is 11.9. The topological polar surface area (TPSA) is 113 Å². The number of ether oxygens (including phenoxy) is 1. The van der Waals surface area contributed by atoms with Crippen molar-refractivity contribution in [3.63, 3.8) is 0 Å². The molecule has 0 spiro atoms. The van der Waals surface area contributed by atoms with Gasteiger partial charge in [-0.1, -0.05) is 6.42 Å². The number of morpholine rings is 1. The molecule has 3 fully saturated rings. The molecule has 3 aliphatic rings. The Hall–Kier alpha value is -2.24. The molecule has 1 atom stereocenters. The summed E-state index contributed by atoms with van der Waals surface area (Å²) in [6, 6.07) is 4.16. The van der Waals surface area contributed by atoms with Crippen LogP contribution in [0.5, 0.6) is 0 Å². The zero-order valence-corrected chi connectivity index (χ0v) is 19.0. The first kappa shape index (κ1) is 22.9. The van der Waals surface area contributed by atoms with E-state index in [1.807, 2.05) is 4.90 Å². The molecule has 1 unspecified atom stereocenters. The van der Waals surface area contributed by atoms with Gasteiger partial charge in [-0.05, 0) is 37.8 Å². The van der Waals surface area contributed by atoms with Crippen molar-refractivity contribution < 1.29 is 22.9 Å². The summed E-state index contributed by atoms with van der Waals surface area (Å²) in [5.41, 5.74) is 0.134. The Labute approximate surface area is 188 Å². The fourth-order valence-electron chi connectivity index (χ4n) is 4.77. The lowest BCUT2D eigenvalue weighted by molar-refractivity contribution is -0.384. The van der Waals surface area contributed by atoms with Crippen molar-refractivity contribution in [1.29, 1.82) is 0 Å². The van der Waals surface area contributed by atoms with Crippen LogP contribution in [0.1, 0.15) is 32.1 Å². The van der Waals surface area contributed by atoms with Gasteiger partial charge in [-0.25, -0.2) is 8.42 Å². The van der Waals surface area contributed by atoms with E-state index in [0.717, 1.165) is 32.1 Å². The summed E-state index contributed by atoms with van der Waals surface area (Å²) in [6.45, 7) is 4.05. The summed E-state index contributed by atoms with van der Waals surface area (Å²) in [7, 11) is -3.77. The van der Waals surface area contributed by atoms with Gasteiger partial charge in [0.1, 0.15) is 5.69 Å². The molecule has 1 amide bonds. The molecule has 0 aliphatic carbocycles. The first-order valence-corrected chi connectivity index (χ1v) is 12.7. The lowest BCUT2D eigenvalue weighted by Crippen LogP contribution is -2.48. The molecule has 10 nitrogen and oxygen atoms in total. The van der Waals surface area contributed by atoms with E-state index >= 15 is 0 Å². The van der Waals surface area contributed by atoms with E-state index in [4.69, 9.17) is 4.74 Å². The maximum atomic E-state index is 13.0. The van der Waals surface area contributed by atoms with Crippen molar-refractivity contribution in [2.45, 2.75) is 37.0 Å². The smallest absolute Gasteiger partial charge is 0.293 e. The van der Waals surface area contributed by atoms with Gasteiger partial charge in [-0.15, -0.1) is 0 Å². The number of nitro benzene ring substituents is 1. The number of amides is 1. The fourth-order valence-corrected chi connectivity index (χ4v) is 6.31. The molecule has 3 heterocycles. The molecule has 176 valence electrons.